The van der Waals surface area contributed by atoms with Crippen molar-refractivity contribution in [3.8, 4) is 0 Å². The van der Waals surface area contributed by atoms with Gasteiger partial charge in [-0.25, -0.2) is 0 Å². The van der Waals surface area contributed by atoms with E-state index in [1.54, 1.807) is 11.9 Å². The monoisotopic (exact) mass is 298 g/mol. The molecule has 0 spiro atoms. The molecule has 0 bridgehead atoms. The Bertz CT molecular complexity index is 415. The average molecular weight is 299 g/mol. The van der Waals surface area contributed by atoms with Gasteiger partial charge in [-0.3, -0.25) is 4.79 Å². The van der Waals surface area contributed by atoms with Crippen molar-refractivity contribution in [2.75, 3.05) is 11.9 Å². The summed E-state index contributed by atoms with van der Waals surface area (Å²) in [4.78, 5) is 13.8. The van der Waals surface area contributed by atoms with Crippen molar-refractivity contribution < 1.29 is 4.79 Å². The average Bonchev–Trinajstić information content (AvgIpc) is 2.36. The molecule has 1 aromatic rings. The van der Waals surface area contributed by atoms with E-state index in [0.29, 0.717) is 18.3 Å². The Morgan fingerprint density at radius 1 is 1.15 bits per heavy atom. The predicted molar refractivity (Wildman–Crippen MR) is 88.6 cm³/mol. The minimum absolute atomic E-state index is 0. The van der Waals surface area contributed by atoms with E-state index in [1.807, 2.05) is 12.1 Å². The molecule has 0 aliphatic carbocycles. The van der Waals surface area contributed by atoms with Crippen molar-refractivity contribution in [1.82, 2.24) is 0 Å². The number of anilines is 1. The largest absolute Gasteiger partial charge is 0.320 e. The molecule has 1 rings (SSSR count). The third-order valence-corrected chi connectivity index (χ3v) is 3.32. The Kier molecular flexibility index (Phi) is 7.84. The summed E-state index contributed by atoms with van der Waals surface area (Å²) < 4.78 is 0. The number of hydrogen-bond donors (Lipinski definition) is 1. The van der Waals surface area contributed by atoms with E-state index < -0.39 is 6.04 Å². The van der Waals surface area contributed by atoms with E-state index in [9.17, 15) is 4.79 Å². The van der Waals surface area contributed by atoms with Crippen molar-refractivity contribution in [3.05, 3.63) is 29.8 Å². The Balaban J connectivity index is 0.00000361. The molecule has 1 aromatic carbocycles. The number of nitrogens with two attached hydrogens (primary N) is 1. The van der Waals surface area contributed by atoms with Gasteiger partial charge >= 0.3 is 0 Å². The second-order valence-corrected chi connectivity index (χ2v) is 5.88. The predicted octanol–water partition coefficient (Wildman–Crippen LogP) is 3.57. The van der Waals surface area contributed by atoms with Gasteiger partial charge in [-0.15, -0.1) is 12.4 Å². The fraction of sp³-hybridized carbons (Fsp3) is 0.562. The van der Waals surface area contributed by atoms with Crippen LogP contribution in [0.25, 0.3) is 0 Å². The van der Waals surface area contributed by atoms with Gasteiger partial charge in [0.1, 0.15) is 0 Å². The molecule has 3 nitrogen and oxygen atoms in total. The molecule has 4 heteroatoms. The summed E-state index contributed by atoms with van der Waals surface area (Å²) >= 11 is 0. The van der Waals surface area contributed by atoms with Gasteiger partial charge in [0.15, 0.2) is 0 Å². The molecule has 0 fully saturated rings. The van der Waals surface area contributed by atoms with Gasteiger partial charge in [-0.05, 0) is 36.0 Å². The van der Waals surface area contributed by atoms with Crippen LogP contribution in [0.15, 0.2) is 24.3 Å². The van der Waals surface area contributed by atoms with Crippen LogP contribution in [0, 0.1) is 5.92 Å². The maximum Gasteiger partial charge on any atom is 0.243 e. The van der Waals surface area contributed by atoms with E-state index in [1.165, 1.54) is 5.56 Å². The van der Waals surface area contributed by atoms with E-state index in [2.05, 4.69) is 39.8 Å². The van der Waals surface area contributed by atoms with E-state index in [0.717, 1.165) is 5.69 Å². The van der Waals surface area contributed by atoms with Crippen molar-refractivity contribution >= 4 is 24.0 Å². The van der Waals surface area contributed by atoms with Crippen molar-refractivity contribution in [2.45, 2.75) is 46.1 Å². The van der Waals surface area contributed by atoms with Crippen molar-refractivity contribution in [3.63, 3.8) is 0 Å². The highest BCUT2D eigenvalue weighted by atomic mass is 35.5. The third-order valence-electron chi connectivity index (χ3n) is 3.32. The molecule has 114 valence electrons. The standard InChI is InChI=1S/C16H26N2O.ClH/c1-11(2)10-15(17)16(19)18(5)14-8-6-13(7-9-14)12(3)4;/h6-9,11-12,15H,10,17H2,1-5H3;1H/t15-;/m0./s1. The molecular formula is C16H27ClN2O. The highest BCUT2D eigenvalue weighted by Gasteiger charge is 2.20. The maximum absolute atomic E-state index is 12.2. The summed E-state index contributed by atoms with van der Waals surface area (Å²) in [6.45, 7) is 8.46. The summed E-state index contributed by atoms with van der Waals surface area (Å²) in [6.07, 6.45) is 0.716. The summed E-state index contributed by atoms with van der Waals surface area (Å²) in [5.74, 6) is 0.903. The van der Waals surface area contributed by atoms with Crippen molar-refractivity contribution in [1.29, 1.82) is 0 Å². The summed E-state index contributed by atoms with van der Waals surface area (Å²) in [5, 5.41) is 0. The normalized spacial score (nSPS) is 12.2. The molecule has 1 amide bonds. The molecule has 1 atom stereocenters. The zero-order valence-electron chi connectivity index (χ0n) is 13.1. The van der Waals surface area contributed by atoms with Crippen LogP contribution in [0.3, 0.4) is 0 Å². The molecule has 0 unspecified atom stereocenters. The zero-order valence-corrected chi connectivity index (χ0v) is 13.9. The van der Waals surface area contributed by atoms with Crippen LogP contribution in [-0.2, 0) is 4.79 Å². The van der Waals surface area contributed by atoms with Crippen LogP contribution in [0.5, 0.6) is 0 Å². The molecule has 0 radical (unpaired) electrons. The summed E-state index contributed by atoms with van der Waals surface area (Å²) in [7, 11) is 1.78. The lowest BCUT2D eigenvalue weighted by Gasteiger charge is -2.22. The Morgan fingerprint density at radius 3 is 2.05 bits per heavy atom. The number of rotatable bonds is 5. The zero-order chi connectivity index (χ0) is 14.6. The van der Waals surface area contributed by atoms with Gasteiger partial charge in [-0.2, -0.15) is 0 Å². The molecule has 20 heavy (non-hydrogen) atoms. The van der Waals surface area contributed by atoms with Crippen LogP contribution in [0.2, 0.25) is 0 Å². The summed E-state index contributed by atoms with van der Waals surface area (Å²) in [5.41, 5.74) is 8.11. The smallest absolute Gasteiger partial charge is 0.243 e. The Morgan fingerprint density at radius 2 is 1.65 bits per heavy atom. The van der Waals surface area contributed by atoms with Gasteiger partial charge in [0.2, 0.25) is 5.91 Å². The second-order valence-electron chi connectivity index (χ2n) is 5.88. The number of hydrogen-bond acceptors (Lipinski definition) is 2. The molecule has 0 saturated carbocycles. The first kappa shape index (κ1) is 18.9. The lowest BCUT2D eigenvalue weighted by atomic mass is 10.0. The SMILES string of the molecule is CC(C)C[C@H](N)C(=O)N(C)c1ccc(C(C)C)cc1.Cl. The Labute approximate surface area is 128 Å². The van der Waals surface area contributed by atoms with E-state index >= 15 is 0 Å². The fourth-order valence-electron chi connectivity index (χ4n) is 2.07. The van der Waals surface area contributed by atoms with Crippen LogP contribution in [0.4, 0.5) is 5.69 Å². The third kappa shape index (κ3) is 5.14. The summed E-state index contributed by atoms with van der Waals surface area (Å²) in [6, 6.07) is 7.68. The molecule has 0 saturated heterocycles. The van der Waals surface area contributed by atoms with Crippen LogP contribution in [0.1, 0.15) is 45.6 Å². The first-order valence-corrected chi connectivity index (χ1v) is 6.96. The van der Waals surface area contributed by atoms with Gasteiger partial charge in [0, 0.05) is 12.7 Å². The molecule has 0 heterocycles. The first-order chi connectivity index (χ1) is 8.82. The highest BCUT2D eigenvalue weighted by molar-refractivity contribution is 5.96. The number of halogens is 1. The molecular weight excluding hydrogens is 272 g/mol. The second kappa shape index (κ2) is 8.28. The van der Waals surface area contributed by atoms with Crippen molar-refractivity contribution in [2.24, 2.45) is 11.7 Å². The van der Waals surface area contributed by atoms with E-state index in [-0.39, 0.29) is 18.3 Å². The van der Waals surface area contributed by atoms with Gasteiger partial charge < -0.3 is 10.6 Å². The first-order valence-electron chi connectivity index (χ1n) is 6.96. The van der Waals surface area contributed by atoms with Crippen LogP contribution >= 0.6 is 12.4 Å². The maximum atomic E-state index is 12.2. The van der Waals surface area contributed by atoms with Gasteiger partial charge in [-0.1, -0.05) is 39.8 Å². The number of carbonyl (C=O) groups excluding carboxylic acids is 1. The highest BCUT2D eigenvalue weighted by Crippen LogP contribution is 2.20. The van der Waals surface area contributed by atoms with Gasteiger partial charge in [0.05, 0.1) is 6.04 Å². The molecule has 0 aliphatic heterocycles. The molecule has 0 aliphatic rings. The lowest BCUT2D eigenvalue weighted by molar-refractivity contribution is -0.119. The quantitative estimate of drug-likeness (QED) is 0.903. The number of benzene rings is 1. The Hall–Kier alpha value is -1.06. The molecule has 2 N–H and O–H groups in total. The van der Waals surface area contributed by atoms with E-state index in [4.69, 9.17) is 5.73 Å². The van der Waals surface area contributed by atoms with Gasteiger partial charge in [0.25, 0.3) is 0 Å². The number of nitrogens with zero attached hydrogens (tertiary/aromatic N) is 1. The number of carbonyl (C=O) groups is 1. The minimum atomic E-state index is -0.422. The number of amides is 1. The van der Waals surface area contributed by atoms with Crippen LogP contribution in [-0.4, -0.2) is 19.0 Å². The molecule has 0 aromatic heterocycles. The number of likely N-dealkylation sites (N-methyl/N-ethyl adjacent to an activating group) is 1. The van der Waals surface area contributed by atoms with Crippen LogP contribution < -0.4 is 10.6 Å². The lowest BCUT2D eigenvalue weighted by Crippen LogP contribution is -2.42. The minimum Gasteiger partial charge on any atom is -0.320 e. The topological polar surface area (TPSA) is 46.3 Å². The fourth-order valence-corrected chi connectivity index (χ4v) is 2.07.